The predicted molar refractivity (Wildman–Crippen MR) is 49.2 cm³/mol. The molecule has 0 fully saturated rings. The van der Waals surface area contributed by atoms with Gasteiger partial charge >= 0.3 is 6.18 Å². The minimum Gasteiger partial charge on any atom is -0.316 e. The highest BCUT2D eigenvalue weighted by Gasteiger charge is 2.37. The van der Waals surface area contributed by atoms with Crippen LogP contribution in [-0.2, 0) is 0 Å². The SMILES string of the molecule is Cc1ccc([C@@H](N)C(F)(F)F)cc1Cl. The standard InChI is InChI=1S/C9H9ClF3N/c1-5-2-3-6(4-7(5)10)8(14)9(11,12)13/h2-4,8H,14H2,1H3/t8-/m1/s1. The highest BCUT2D eigenvalue weighted by Crippen LogP contribution is 2.32. The maximum absolute atomic E-state index is 12.2. The van der Waals surface area contributed by atoms with E-state index in [1.54, 1.807) is 6.92 Å². The average Bonchev–Trinajstić information content (AvgIpc) is 2.07. The Labute approximate surface area is 84.7 Å². The quantitative estimate of drug-likeness (QED) is 0.777. The fraction of sp³-hybridized carbons (Fsp3) is 0.333. The van der Waals surface area contributed by atoms with Gasteiger partial charge in [-0.25, -0.2) is 0 Å². The molecule has 78 valence electrons. The van der Waals surface area contributed by atoms with Crippen molar-refractivity contribution in [2.45, 2.75) is 19.1 Å². The summed E-state index contributed by atoms with van der Waals surface area (Å²) in [7, 11) is 0. The van der Waals surface area contributed by atoms with Gasteiger partial charge in [0.1, 0.15) is 6.04 Å². The number of nitrogens with two attached hydrogens (primary N) is 1. The van der Waals surface area contributed by atoms with Crippen molar-refractivity contribution in [3.63, 3.8) is 0 Å². The van der Waals surface area contributed by atoms with E-state index in [0.29, 0.717) is 5.02 Å². The summed E-state index contributed by atoms with van der Waals surface area (Å²) in [4.78, 5) is 0. The Balaban J connectivity index is 3.03. The Morgan fingerprint density at radius 2 is 1.93 bits per heavy atom. The number of alkyl halides is 3. The zero-order chi connectivity index (χ0) is 10.9. The van der Waals surface area contributed by atoms with E-state index < -0.39 is 12.2 Å². The van der Waals surface area contributed by atoms with Gasteiger partial charge in [0, 0.05) is 5.02 Å². The number of halogens is 4. The van der Waals surface area contributed by atoms with Gasteiger partial charge in [0.25, 0.3) is 0 Å². The number of aryl methyl sites for hydroxylation is 1. The minimum absolute atomic E-state index is 0.0203. The fourth-order valence-corrected chi connectivity index (χ4v) is 1.18. The molecule has 1 aromatic carbocycles. The van der Waals surface area contributed by atoms with Gasteiger partial charge in [-0.2, -0.15) is 13.2 Å². The predicted octanol–water partition coefficient (Wildman–Crippen LogP) is 3.21. The molecule has 0 aliphatic rings. The molecule has 0 radical (unpaired) electrons. The lowest BCUT2D eigenvalue weighted by Gasteiger charge is -2.16. The molecule has 0 aromatic heterocycles. The average molecular weight is 224 g/mol. The normalized spacial score (nSPS) is 14.1. The Bertz CT molecular complexity index is 335. The number of rotatable bonds is 1. The van der Waals surface area contributed by atoms with Crippen molar-refractivity contribution in [2.75, 3.05) is 0 Å². The molecular formula is C9H9ClF3N. The van der Waals surface area contributed by atoms with Crippen molar-refractivity contribution >= 4 is 11.6 Å². The van der Waals surface area contributed by atoms with Crippen LogP contribution in [0.25, 0.3) is 0 Å². The third kappa shape index (κ3) is 2.39. The molecule has 0 saturated carbocycles. The van der Waals surface area contributed by atoms with E-state index >= 15 is 0 Å². The molecule has 0 heterocycles. The summed E-state index contributed by atoms with van der Waals surface area (Å²) in [5, 5.41) is 0.294. The lowest BCUT2D eigenvalue weighted by atomic mass is 10.1. The first-order chi connectivity index (χ1) is 6.32. The number of hydrogen-bond donors (Lipinski definition) is 1. The summed E-state index contributed by atoms with van der Waals surface area (Å²) in [5.41, 5.74) is 5.71. The third-order valence-corrected chi connectivity index (χ3v) is 2.31. The first-order valence-electron chi connectivity index (χ1n) is 3.90. The largest absolute Gasteiger partial charge is 0.407 e. The minimum atomic E-state index is -4.43. The van der Waals surface area contributed by atoms with Crippen LogP contribution in [0.15, 0.2) is 18.2 Å². The molecule has 0 amide bonds. The van der Waals surface area contributed by atoms with E-state index in [1.165, 1.54) is 18.2 Å². The molecule has 0 saturated heterocycles. The second-order valence-corrected chi connectivity index (χ2v) is 3.44. The second kappa shape index (κ2) is 3.79. The van der Waals surface area contributed by atoms with Crippen LogP contribution in [0.4, 0.5) is 13.2 Å². The summed E-state index contributed by atoms with van der Waals surface area (Å²) in [6.45, 7) is 1.71. The van der Waals surface area contributed by atoms with Crippen LogP contribution in [0.3, 0.4) is 0 Å². The smallest absolute Gasteiger partial charge is 0.316 e. The number of hydrogen-bond acceptors (Lipinski definition) is 1. The van der Waals surface area contributed by atoms with Crippen molar-refractivity contribution in [3.8, 4) is 0 Å². The molecule has 1 nitrogen and oxygen atoms in total. The summed E-state index contributed by atoms with van der Waals surface area (Å²) >= 11 is 5.69. The van der Waals surface area contributed by atoms with Crippen molar-refractivity contribution < 1.29 is 13.2 Å². The highest BCUT2D eigenvalue weighted by atomic mass is 35.5. The van der Waals surface area contributed by atoms with Crippen LogP contribution < -0.4 is 5.73 Å². The molecule has 1 atom stereocenters. The topological polar surface area (TPSA) is 26.0 Å². The maximum Gasteiger partial charge on any atom is 0.407 e. The monoisotopic (exact) mass is 223 g/mol. The van der Waals surface area contributed by atoms with Crippen LogP contribution in [0.1, 0.15) is 17.2 Å². The second-order valence-electron chi connectivity index (χ2n) is 3.03. The first-order valence-corrected chi connectivity index (χ1v) is 4.28. The Kier molecular flexibility index (Phi) is 3.07. The van der Waals surface area contributed by atoms with Crippen LogP contribution in [0.2, 0.25) is 5.02 Å². The van der Waals surface area contributed by atoms with Crippen LogP contribution in [-0.4, -0.2) is 6.18 Å². The van der Waals surface area contributed by atoms with Gasteiger partial charge in [0.05, 0.1) is 0 Å². The Hall–Kier alpha value is -0.740. The van der Waals surface area contributed by atoms with Crippen LogP contribution in [0, 0.1) is 6.92 Å². The van der Waals surface area contributed by atoms with E-state index in [1.807, 2.05) is 0 Å². The fourth-order valence-electron chi connectivity index (χ4n) is 0.992. The summed E-state index contributed by atoms with van der Waals surface area (Å²) in [6.07, 6.45) is -4.43. The van der Waals surface area contributed by atoms with E-state index in [2.05, 4.69) is 0 Å². The summed E-state index contributed by atoms with van der Waals surface area (Å²) in [5.74, 6) is 0. The molecular weight excluding hydrogens is 215 g/mol. The third-order valence-electron chi connectivity index (χ3n) is 1.91. The molecule has 0 aliphatic carbocycles. The first kappa shape index (κ1) is 11.3. The number of benzene rings is 1. The van der Waals surface area contributed by atoms with Crippen molar-refractivity contribution in [2.24, 2.45) is 5.73 Å². The Morgan fingerprint density at radius 1 is 1.36 bits per heavy atom. The van der Waals surface area contributed by atoms with Crippen LogP contribution >= 0.6 is 11.6 Å². The van der Waals surface area contributed by atoms with Gasteiger partial charge in [-0.05, 0) is 24.1 Å². The highest BCUT2D eigenvalue weighted by molar-refractivity contribution is 6.31. The van der Waals surface area contributed by atoms with Gasteiger partial charge < -0.3 is 5.73 Å². The van der Waals surface area contributed by atoms with E-state index in [9.17, 15) is 13.2 Å². The molecule has 0 bridgehead atoms. The van der Waals surface area contributed by atoms with Gasteiger partial charge in [0.15, 0.2) is 0 Å². The van der Waals surface area contributed by atoms with Crippen molar-refractivity contribution in [3.05, 3.63) is 34.3 Å². The molecule has 0 aliphatic heterocycles. The van der Waals surface area contributed by atoms with E-state index in [0.717, 1.165) is 5.56 Å². The van der Waals surface area contributed by atoms with E-state index in [4.69, 9.17) is 17.3 Å². The molecule has 0 spiro atoms. The lowest BCUT2D eigenvalue weighted by molar-refractivity contribution is -0.149. The molecule has 2 N–H and O–H groups in total. The maximum atomic E-state index is 12.2. The van der Waals surface area contributed by atoms with Crippen molar-refractivity contribution in [1.29, 1.82) is 0 Å². The van der Waals surface area contributed by atoms with Crippen molar-refractivity contribution in [1.82, 2.24) is 0 Å². The van der Waals surface area contributed by atoms with Crippen LogP contribution in [0.5, 0.6) is 0 Å². The zero-order valence-corrected chi connectivity index (χ0v) is 8.15. The Morgan fingerprint density at radius 3 is 2.36 bits per heavy atom. The summed E-state index contributed by atoms with van der Waals surface area (Å²) < 4.78 is 36.6. The van der Waals surface area contributed by atoms with Gasteiger partial charge in [-0.15, -0.1) is 0 Å². The van der Waals surface area contributed by atoms with E-state index in [-0.39, 0.29) is 5.56 Å². The lowest BCUT2D eigenvalue weighted by Crippen LogP contribution is -2.28. The summed E-state index contributed by atoms with van der Waals surface area (Å²) in [6, 6.07) is 2.12. The van der Waals surface area contributed by atoms with Gasteiger partial charge in [-0.3, -0.25) is 0 Å². The molecule has 1 rings (SSSR count). The molecule has 14 heavy (non-hydrogen) atoms. The molecule has 1 aromatic rings. The van der Waals surface area contributed by atoms with Gasteiger partial charge in [0.2, 0.25) is 0 Å². The zero-order valence-electron chi connectivity index (χ0n) is 7.40. The molecule has 5 heteroatoms. The van der Waals surface area contributed by atoms with Gasteiger partial charge in [-0.1, -0.05) is 23.7 Å². The molecule has 0 unspecified atom stereocenters.